The number of nitrogens with one attached hydrogen (secondary N) is 1. The molecule has 1 aromatic heterocycles. The highest BCUT2D eigenvalue weighted by molar-refractivity contribution is 5.93. The molecule has 1 aromatic carbocycles. The Morgan fingerprint density at radius 1 is 1.30 bits per heavy atom. The van der Waals surface area contributed by atoms with E-state index in [1.54, 1.807) is 0 Å². The smallest absolute Gasteiger partial charge is 0.225 e. The highest BCUT2D eigenvalue weighted by Crippen LogP contribution is 2.62. The highest BCUT2D eigenvalue weighted by Gasteiger charge is 2.57. The molecular formula is C26H29F2N3O2. The van der Waals surface area contributed by atoms with Gasteiger partial charge in [-0.2, -0.15) is 0 Å². The number of amides is 1. The molecule has 1 amide bonds. The zero-order valence-corrected chi connectivity index (χ0v) is 18.7. The molecule has 0 bridgehead atoms. The first-order valence-electron chi connectivity index (χ1n) is 11.8. The van der Waals surface area contributed by atoms with Crippen molar-refractivity contribution >= 4 is 17.4 Å². The summed E-state index contributed by atoms with van der Waals surface area (Å²) >= 11 is 0. The van der Waals surface area contributed by atoms with Crippen molar-refractivity contribution in [3.8, 4) is 0 Å². The standard InChI is InChI=1S/C26H29F2N3O2/c1-26-11-10-19-18-5-3-2-4-15(18)6-8-20(19)24(26)16(12-22(26)31-33)7-9-23(32)30-25-21(28)13-17(27)14-29-25/h2-5,13-14,16,19-20,24,33H,6-12H2,1H3,(H,29,30,32)/b31-22+/t16-,19?,20?,24?,26-/m1/s1. The summed E-state index contributed by atoms with van der Waals surface area (Å²) in [5.74, 6) is -0.723. The minimum atomic E-state index is -0.887. The Hall–Kier alpha value is -2.83. The van der Waals surface area contributed by atoms with Gasteiger partial charge in [0.15, 0.2) is 11.6 Å². The first-order chi connectivity index (χ1) is 15.9. The van der Waals surface area contributed by atoms with Gasteiger partial charge in [-0.15, -0.1) is 0 Å². The van der Waals surface area contributed by atoms with Crippen LogP contribution in [0.5, 0.6) is 0 Å². The Kier molecular flexibility index (Phi) is 5.67. The van der Waals surface area contributed by atoms with E-state index in [2.05, 4.69) is 46.6 Å². The summed E-state index contributed by atoms with van der Waals surface area (Å²) in [6.45, 7) is 2.22. The van der Waals surface area contributed by atoms with Crippen LogP contribution in [0.1, 0.15) is 62.5 Å². The van der Waals surface area contributed by atoms with Gasteiger partial charge < -0.3 is 10.5 Å². The Labute approximate surface area is 192 Å². The van der Waals surface area contributed by atoms with Crippen LogP contribution >= 0.6 is 0 Å². The number of carbonyl (C=O) groups excluding carboxylic acids is 1. The number of aromatic nitrogens is 1. The van der Waals surface area contributed by atoms with Crippen LogP contribution in [0.2, 0.25) is 0 Å². The monoisotopic (exact) mass is 453 g/mol. The summed E-state index contributed by atoms with van der Waals surface area (Å²) < 4.78 is 26.9. The van der Waals surface area contributed by atoms with Gasteiger partial charge in [0.1, 0.15) is 5.82 Å². The lowest BCUT2D eigenvalue weighted by molar-refractivity contribution is -0.116. The van der Waals surface area contributed by atoms with Crippen molar-refractivity contribution < 1.29 is 18.8 Å². The van der Waals surface area contributed by atoms with Crippen LogP contribution < -0.4 is 5.32 Å². The average molecular weight is 454 g/mol. The third-order valence-corrected chi connectivity index (χ3v) is 8.44. The lowest BCUT2D eigenvalue weighted by atomic mass is 9.54. The number of pyridine rings is 1. The molecule has 0 aliphatic heterocycles. The maximum atomic E-state index is 13.9. The van der Waals surface area contributed by atoms with Crippen molar-refractivity contribution in [3.63, 3.8) is 0 Å². The van der Waals surface area contributed by atoms with Crippen molar-refractivity contribution in [2.75, 3.05) is 5.32 Å². The van der Waals surface area contributed by atoms with Crippen molar-refractivity contribution in [1.82, 2.24) is 4.98 Å². The molecule has 0 spiro atoms. The number of halogens is 2. The summed E-state index contributed by atoms with van der Waals surface area (Å²) in [5.41, 5.74) is 3.59. The molecule has 3 unspecified atom stereocenters. The van der Waals surface area contributed by atoms with E-state index in [1.807, 2.05) is 0 Å². The van der Waals surface area contributed by atoms with Gasteiger partial charge in [-0.1, -0.05) is 36.3 Å². The van der Waals surface area contributed by atoms with Gasteiger partial charge in [-0.25, -0.2) is 13.8 Å². The normalized spacial score (nSPS) is 31.5. The van der Waals surface area contributed by atoms with Crippen LogP contribution in [0.4, 0.5) is 14.6 Å². The number of aryl methyl sites for hydroxylation is 1. The number of hydrogen-bond acceptors (Lipinski definition) is 4. The molecule has 174 valence electrons. The number of fused-ring (bicyclic) bond motifs is 5. The summed E-state index contributed by atoms with van der Waals surface area (Å²) in [6, 6.07) is 9.43. The fourth-order valence-electron chi connectivity index (χ4n) is 7.04. The van der Waals surface area contributed by atoms with Crippen LogP contribution in [0.3, 0.4) is 0 Å². The molecule has 1 heterocycles. The van der Waals surface area contributed by atoms with Gasteiger partial charge in [-0.3, -0.25) is 4.79 Å². The van der Waals surface area contributed by atoms with Gasteiger partial charge in [-0.05, 0) is 73.3 Å². The molecule has 5 nitrogen and oxygen atoms in total. The third-order valence-electron chi connectivity index (χ3n) is 8.44. The second-order valence-electron chi connectivity index (χ2n) is 10.1. The largest absolute Gasteiger partial charge is 0.411 e. The molecule has 7 heteroatoms. The minimum Gasteiger partial charge on any atom is -0.411 e. The van der Waals surface area contributed by atoms with Crippen molar-refractivity contribution in [3.05, 3.63) is 59.3 Å². The second-order valence-corrected chi connectivity index (χ2v) is 10.1. The zero-order chi connectivity index (χ0) is 23.2. The zero-order valence-electron chi connectivity index (χ0n) is 18.7. The molecule has 2 fully saturated rings. The molecule has 3 aliphatic rings. The summed E-state index contributed by atoms with van der Waals surface area (Å²) in [6.07, 6.45) is 6.61. The molecule has 5 rings (SSSR count). The van der Waals surface area contributed by atoms with E-state index in [9.17, 15) is 18.8 Å². The Balaban J connectivity index is 1.34. The molecular weight excluding hydrogens is 424 g/mol. The molecule has 0 saturated heterocycles. The maximum absolute atomic E-state index is 13.9. The number of carbonyl (C=O) groups is 1. The van der Waals surface area contributed by atoms with Gasteiger partial charge in [0.05, 0.1) is 11.9 Å². The molecule has 33 heavy (non-hydrogen) atoms. The molecule has 2 N–H and O–H groups in total. The predicted molar refractivity (Wildman–Crippen MR) is 121 cm³/mol. The summed E-state index contributed by atoms with van der Waals surface area (Å²) in [5, 5.41) is 16.0. The van der Waals surface area contributed by atoms with E-state index in [4.69, 9.17) is 0 Å². The first kappa shape index (κ1) is 22.0. The SMILES string of the molecule is C[C@]12CCC3c4ccccc4CCC3C1[C@H](CCC(=O)Nc1ncc(F)cc1F)C/C2=N\O. The number of rotatable bonds is 4. The van der Waals surface area contributed by atoms with Crippen molar-refractivity contribution in [2.24, 2.45) is 28.3 Å². The lowest BCUT2D eigenvalue weighted by Crippen LogP contribution is -2.44. The average Bonchev–Trinajstić information content (AvgIpc) is 3.11. The summed E-state index contributed by atoms with van der Waals surface area (Å²) in [7, 11) is 0. The fraction of sp³-hybridized carbons (Fsp3) is 0.500. The van der Waals surface area contributed by atoms with E-state index in [1.165, 1.54) is 11.1 Å². The summed E-state index contributed by atoms with van der Waals surface area (Å²) in [4.78, 5) is 16.2. The van der Waals surface area contributed by atoms with Gasteiger partial charge >= 0.3 is 0 Å². The number of hydrogen-bond donors (Lipinski definition) is 2. The number of benzene rings is 1. The number of anilines is 1. The minimum absolute atomic E-state index is 0.159. The lowest BCUT2D eigenvalue weighted by Gasteiger charge is -2.50. The quantitative estimate of drug-likeness (QED) is 0.461. The Morgan fingerprint density at radius 3 is 2.91 bits per heavy atom. The molecule has 0 radical (unpaired) electrons. The van der Waals surface area contributed by atoms with E-state index in [0.29, 0.717) is 36.7 Å². The van der Waals surface area contributed by atoms with Crippen molar-refractivity contribution in [2.45, 2.75) is 57.8 Å². The molecule has 3 aliphatic carbocycles. The van der Waals surface area contributed by atoms with Crippen LogP contribution in [-0.4, -0.2) is 21.8 Å². The molecule has 5 atom stereocenters. The predicted octanol–water partition coefficient (Wildman–Crippen LogP) is 5.69. The Morgan fingerprint density at radius 2 is 2.12 bits per heavy atom. The van der Waals surface area contributed by atoms with E-state index >= 15 is 0 Å². The number of nitrogens with zero attached hydrogens (tertiary/aromatic N) is 2. The number of oxime groups is 1. The van der Waals surface area contributed by atoms with E-state index in [-0.39, 0.29) is 29.5 Å². The Bertz CT molecular complexity index is 1100. The first-order valence-corrected chi connectivity index (χ1v) is 11.8. The van der Waals surface area contributed by atoms with E-state index in [0.717, 1.165) is 37.6 Å². The van der Waals surface area contributed by atoms with Gasteiger partial charge in [0, 0.05) is 17.9 Å². The van der Waals surface area contributed by atoms with E-state index < -0.39 is 11.6 Å². The molecule has 2 aromatic rings. The molecule has 2 saturated carbocycles. The van der Waals surface area contributed by atoms with Crippen LogP contribution in [0.15, 0.2) is 41.7 Å². The van der Waals surface area contributed by atoms with Crippen LogP contribution in [-0.2, 0) is 11.2 Å². The van der Waals surface area contributed by atoms with Crippen LogP contribution in [0.25, 0.3) is 0 Å². The van der Waals surface area contributed by atoms with Gasteiger partial charge in [0.2, 0.25) is 5.91 Å². The maximum Gasteiger partial charge on any atom is 0.225 e. The van der Waals surface area contributed by atoms with Crippen LogP contribution in [0, 0.1) is 34.8 Å². The van der Waals surface area contributed by atoms with Gasteiger partial charge in [0.25, 0.3) is 0 Å². The third kappa shape index (κ3) is 3.81. The highest BCUT2D eigenvalue weighted by atomic mass is 19.1. The van der Waals surface area contributed by atoms with Crippen molar-refractivity contribution in [1.29, 1.82) is 0 Å². The fourth-order valence-corrected chi connectivity index (χ4v) is 7.04. The second kappa shape index (κ2) is 8.50. The topological polar surface area (TPSA) is 74.6 Å².